The van der Waals surface area contributed by atoms with E-state index in [1.807, 2.05) is 0 Å². The molecular weight excluding hydrogens is 192 g/mol. The van der Waals surface area contributed by atoms with Gasteiger partial charge in [0.05, 0.1) is 5.00 Å². The summed E-state index contributed by atoms with van der Waals surface area (Å²) in [7, 11) is 0. The Labute approximate surface area is 89.7 Å². The van der Waals surface area contributed by atoms with Crippen LogP contribution in [0, 0.1) is 6.92 Å². The van der Waals surface area contributed by atoms with Gasteiger partial charge in [0.15, 0.2) is 0 Å². The molecule has 1 fully saturated rings. The Morgan fingerprint density at radius 1 is 1.64 bits per heavy atom. The first-order valence-corrected chi connectivity index (χ1v) is 6.25. The van der Waals surface area contributed by atoms with Gasteiger partial charge in [-0.1, -0.05) is 0 Å². The predicted octanol–water partition coefficient (Wildman–Crippen LogP) is 2.61. The number of nitrogens with one attached hydrogen (secondary N) is 2. The highest BCUT2D eigenvalue weighted by molar-refractivity contribution is 7.14. The molecule has 1 aromatic heterocycles. The molecule has 1 aliphatic rings. The van der Waals surface area contributed by atoms with E-state index in [0.717, 1.165) is 12.6 Å². The van der Waals surface area contributed by atoms with Crippen molar-refractivity contribution in [1.82, 2.24) is 5.32 Å². The van der Waals surface area contributed by atoms with Crippen LogP contribution in [0.25, 0.3) is 0 Å². The summed E-state index contributed by atoms with van der Waals surface area (Å²) >= 11 is 1.80. The lowest BCUT2D eigenvalue weighted by atomic mass is 10.1. The van der Waals surface area contributed by atoms with Gasteiger partial charge in [0.25, 0.3) is 0 Å². The fraction of sp³-hybridized carbons (Fsp3) is 0.636. The Hall–Kier alpha value is -0.540. The van der Waals surface area contributed by atoms with E-state index in [-0.39, 0.29) is 0 Å². The molecule has 14 heavy (non-hydrogen) atoms. The van der Waals surface area contributed by atoms with Crippen LogP contribution in [0.15, 0.2) is 11.4 Å². The Morgan fingerprint density at radius 2 is 2.57 bits per heavy atom. The zero-order chi connectivity index (χ0) is 9.80. The van der Waals surface area contributed by atoms with Gasteiger partial charge >= 0.3 is 0 Å². The average molecular weight is 210 g/mol. The third kappa shape index (κ3) is 2.49. The first-order valence-electron chi connectivity index (χ1n) is 5.37. The summed E-state index contributed by atoms with van der Waals surface area (Å²) in [6.07, 6.45) is 3.95. The number of thiophene rings is 1. The Morgan fingerprint density at radius 3 is 3.21 bits per heavy atom. The van der Waals surface area contributed by atoms with Crippen LogP contribution in [0.4, 0.5) is 5.00 Å². The van der Waals surface area contributed by atoms with Crippen molar-refractivity contribution in [2.45, 2.75) is 32.2 Å². The zero-order valence-electron chi connectivity index (χ0n) is 8.68. The SMILES string of the molecule is Cc1ccsc1NCCC1CCCN1. The molecule has 2 N–H and O–H groups in total. The van der Waals surface area contributed by atoms with Crippen LogP contribution in [0.5, 0.6) is 0 Å². The highest BCUT2D eigenvalue weighted by Gasteiger charge is 2.12. The summed E-state index contributed by atoms with van der Waals surface area (Å²) in [6, 6.07) is 2.92. The molecule has 0 radical (unpaired) electrons. The lowest BCUT2D eigenvalue weighted by Crippen LogP contribution is -2.23. The maximum Gasteiger partial charge on any atom is 0.0912 e. The fourth-order valence-corrected chi connectivity index (χ4v) is 2.76. The topological polar surface area (TPSA) is 24.1 Å². The highest BCUT2D eigenvalue weighted by Crippen LogP contribution is 2.21. The van der Waals surface area contributed by atoms with Crippen LogP contribution in [0.2, 0.25) is 0 Å². The molecular formula is C11H18N2S. The predicted molar refractivity (Wildman–Crippen MR) is 63.2 cm³/mol. The van der Waals surface area contributed by atoms with Gasteiger partial charge in [-0.05, 0) is 49.7 Å². The monoisotopic (exact) mass is 210 g/mol. The van der Waals surface area contributed by atoms with Crippen LogP contribution in [-0.2, 0) is 0 Å². The summed E-state index contributed by atoms with van der Waals surface area (Å²) in [6.45, 7) is 4.47. The third-order valence-corrected chi connectivity index (χ3v) is 3.78. The van der Waals surface area contributed by atoms with Crippen molar-refractivity contribution in [3.8, 4) is 0 Å². The van der Waals surface area contributed by atoms with Crippen LogP contribution < -0.4 is 10.6 Å². The van der Waals surface area contributed by atoms with E-state index >= 15 is 0 Å². The van der Waals surface area contributed by atoms with Gasteiger partial charge in [-0.3, -0.25) is 0 Å². The van der Waals surface area contributed by atoms with E-state index in [1.54, 1.807) is 11.3 Å². The molecule has 1 aliphatic heterocycles. The van der Waals surface area contributed by atoms with E-state index in [1.165, 1.54) is 36.4 Å². The minimum absolute atomic E-state index is 0.753. The summed E-state index contributed by atoms with van der Waals surface area (Å²) in [4.78, 5) is 0. The zero-order valence-corrected chi connectivity index (χ0v) is 9.49. The second kappa shape index (κ2) is 4.80. The van der Waals surface area contributed by atoms with E-state index in [4.69, 9.17) is 0 Å². The van der Waals surface area contributed by atoms with Crippen molar-refractivity contribution in [2.75, 3.05) is 18.4 Å². The molecule has 1 saturated heterocycles. The molecule has 1 aromatic rings. The van der Waals surface area contributed by atoms with Crippen LogP contribution in [0.3, 0.4) is 0 Å². The fourth-order valence-electron chi connectivity index (χ4n) is 1.92. The smallest absolute Gasteiger partial charge is 0.0912 e. The van der Waals surface area contributed by atoms with Crippen molar-refractivity contribution < 1.29 is 0 Å². The summed E-state index contributed by atoms with van der Waals surface area (Å²) < 4.78 is 0. The lowest BCUT2D eigenvalue weighted by Gasteiger charge is -2.10. The van der Waals surface area contributed by atoms with Gasteiger partial charge in [0.2, 0.25) is 0 Å². The molecule has 3 heteroatoms. The van der Waals surface area contributed by atoms with E-state index in [9.17, 15) is 0 Å². The maximum absolute atomic E-state index is 3.51. The van der Waals surface area contributed by atoms with Crippen LogP contribution >= 0.6 is 11.3 Å². The second-order valence-electron chi connectivity index (χ2n) is 3.94. The molecule has 0 spiro atoms. The molecule has 2 heterocycles. The Balaban J connectivity index is 1.70. The van der Waals surface area contributed by atoms with Crippen molar-refractivity contribution in [2.24, 2.45) is 0 Å². The van der Waals surface area contributed by atoms with Crippen molar-refractivity contribution in [1.29, 1.82) is 0 Å². The molecule has 1 unspecified atom stereocenters. The number of anilines is 1. The molecule has 2 nitrogen and oxygen atoms in total. The largest absolute Gasteiger partial charge is 0.377 e. The average Bonchev–Trinajstić information content (AvgIpc) is 2.78. The molecule has 0 saturated carbocycles. The summed E-state index contributed by atoms with van der Waals surface area (Å²) in [5.41, 5.74) is 1.37. The van der Waals surface area contributed by atoms with E-state index in [2.05, 4.69) is 29.0 Å². The maximum atomic E-state index is 3.51. The molecule has 1 atom stereocenters. The lowest BCUT2D eigenvalue weighted by molar-refractivity contribution is 0.575. The first-order chi connectivity index (χ1) is 6.86. The van der Waals surface area contributed by atoms with Gasteiger partial charge < -0.3 is 10.6 Å². The molecule has 78 valence electrons. The Kier molecular flexibility index (Phi) is 3.43. The summed E-state index contributed by atoms with van der Waals surface area (Å²) in [5.74, 6) is 0. The van der Waals surface area contributed by atoms with Gasteiger partial charge in [0.1, 0.15) is 0 Å². The number of hydrogen-bond acceptors (Lipinski definition) is 3. The minimum Gasteiger partial charge on any atom is -0.377 e. The standard InChI is InChI=1S/C11H18N2S/c1-9-5-8-14-11(9)13-7-4-10-3-2-6-12-10/h5,8,10,12-13H,2-4,6-7H2,1H3. The molecule has 0 aliphatic carbocycles. The minimum atomic E-state index is 0.753. The normalized spacial score (nSPS) is 21.4. The number of hydrogen-bond donors (Lipinski definition) is 2. The molecule has 0 aromatic carbocycles. The van der Waals surface area contributed by atoms with Gasteiger partial charge in [-0.15, -0.1) is 11.3 Å². The molecule has 2 rings (SSSR count). The van der Waals surface area contributed by atoms with Crippen LogP contribution in [-0.4, -0.2) is 19.1 Å². The quantitative estimate of drug-likeness (QED) is 0.798. The van der Waals surface area contributed by atoms with Gasteiger partial charge in [-0.2, -0.15) is 0 Å². The Bertz CT molecular complexity index is 277. The van der Waals surface area contributed by atoms with Gasteiger partial charge in [-0.25, -0.2) is 0 Å². The number of aryl methyl sites for hydroxylation is 1. The highest BCUT2D eigenvalue weighted by atomic mass is 32.1. The van der Waals surface area contributed by atoms with Crippen molar-refractivity contribution in [3.05, 3.63) is 17.0 Å². The molecule has 0 amide bonds. The van der Waals surface area contributed by atoms with Crippen molar-refractivity contribution in [3.63, 3.8) is 0 Å². The first kappa shape index (κ1) is 9.99. The molecule has 0 bridgehead atoms. The van der Waals surface area contributed by atoms with Crippen molar-refractivity contribution >= 4 is 16.3 Å². The number of rotatable bonds is 4. The van der Waals surface area contributed by atoms with Gasteiger partial charge in [0, 0.05) is 12.6 Å². The van der Waals surface area contributed by atoms with E-state index < -0.39 is 0 Å². The second-order valence-corrected chi connectivity index (χ2v) is 4.86. The van der Waals surface area contributed by atoms with E-state index in [0.29, 0.717) is 0 Å². The van der Waals surface area contributed by atoms with Crippen LogP contribution in [0.1, 0.15) is 24.8 Å². The third-order valence-electron chi connectivity index (χ3n) is 2.80. The summed E-state index contributed by atoms with van der Waals surface area (Å²) in [5, 5.41) is 10.5.